The molecule has 0 spiro atoms. The predicted molar refractivity (Wildman–Crippen MR) is 112 cm³/mol. The maximum absolute atomic E-state index is 12.3. The number of hydrogen-bond donors (Lipinski definition) is 1. The van der Waals surface area contributed by atoms with Crippen LogP contribution in [0.25, 0.3) is 6.08 Å². The highest BCUT2D eigenvalue weighted by Crippen LogP contribution is 2.38. The summed E-state index contributed by atoms with van der Waals surface area (Å²) in [6.07, 6.45) is 7.33. The summed E-state index contributed by atoms with van der Waals surface area (Å²) in [4.78, 5) is 17.6. The molecule has 1 amide bonds. The Labute approximate surface area is 169 Å². The SMILES string of the molecule is CCCOc1c(Cl)cc(C=C2SC(=NC3CCCC3)NC2=O)cc1OCC. The molecule has 2 fully saturated rings. The average molecular weight is 409 g/mol. The van der Waals surface area contributed by atoms with Crippen LogP contribution < -0.4 is 14.8 Å². The van der Waals surface area contributed by atoms with E-state index in [9.17, 15) is 4.79 Å². The van der Waals surface area contributed by atoms with Crippen molar-refractivity contribution >= 4 is 40.5 Å². The molecule has 0 aromatic heterocycles. The molecule has 1 aliphatic carbocycles. The van der Waals surface area contributed by atoms with E-state index >= 15 is 0 Å². The van der Waals surface area contributed by atoms with Crippen LogP contribution in [0.4, 0.5) is 0 Å². The molecule has 1 saturated heterocycles. The molecule has 5 nitrogen and oxygen atoms in total. The van der Waals surface area contributed by atoms with Crippen molar-refractivity contribution in [3.8, 4) is 11.5 Å². The van der Waals surface area contributed by atoms with Crippen LogP contribution in [0.3, 0.4) is 0 Å². The molecule has 2 aliphatic rings. The highest BCUT2D eigenvalue weighted by atomic mass is 35.5. The fourth-order valence-corrected chi connectivity index (χ4v) is 4.28. The summed E-state index contributed by atoms with van der Waals surface area (Å²) in [6, 6.07) is 3.98. The van der Waals surface area contributed by atoms with E-state index in [2.05, 4.69) is 10.3 Å². The van der Waals surface area contributed by atoms with Gasteiger partial charge in [-0.25, -0.2) is 0 Å². The van der Waals surface area contributed by atoms with E-state index in [4.69, 9.17) is 21.1 Å². The fraction of sp³-hybridized carbons (Fsp3) is 0.500. The van der Waals surface area contributed by atoms with E-state index in [1.807, 2.05) is 26.0 Å². The smallest absolute Gasteiger partial charge is 0.264 e. The molecule has 146 valence electrons. The number of hydrogen-bond acceptors (Lipinski definition) is 5. The topological polar surface area (TPSA) is 59.9 Å². The zero-order valence-electron chi connectivity index (χ0n) is 15.7. The third kappa shape index (κ3) is 5.20. The number of nitrogens with zero attached hydrogens (tertiary/aromatic N) is 1. The van der Waals surface area contributed by atoms with Crippen LogP contribution in [-0.2, 0) is 4.79 Å². The Kier molecular flexibility index (Phi) is 7.07. The van der Waals surface area contributed by atoms with Crippen LogP contribution in [-0.4, -0.2) is 30.3 Å². The maximum atomic E-state index is 12.3. The van der Waals surface area contributed by atoms with Crippen molar-refractivity contribution in [3.05, 3.63) is 27.6 Å². The first-order valence-electron chi connectivity index (χ1n) is 9.48. The van der Waals surface area contributed by atoms with Gasteiger partial charge in [0, 0.05) is 0 Å². The van der Waals surface area contributed by atoms with Gasteiger partial charge in [-0.05, 0) is 61.7 Å². The number of carbonyl (C=O) groups excluding carboxylic acids is 1. The third-order valence-electron chi connectivity index (χ3n) is 4.36. The molecule has 27 heavy (non-hydrogen) atoms. The third-order valence-corrected chi connectivity index (χ3v) is 5.56. The Bertz CT molecular complexity index is 758. The Morgan fingerprint density at radius 2 is 2.07 bits per heavy atom. The van der Waals surface area contributed by atoms with Crippen molar-refractivity contribution in [1.82, 2.24) is 5.32 Å². The van der Waals surface area contributed by atoms with Crippen LogP contribution in [0.2, 0.25) is 5.02 Å². The van der Waals surface area contributed by atoms with Crippen molar-refractivity contribution < 1.29 is 14.3 Å². The van der Waals surface area contributed by atoms with Crippen molar-refractivity contribution in [2.75, 3.05) is 13.2 Å². The second-order valence-corrected chi connectivity index (χ2v) is 7.99. The highest BCUT2D eigenvalue weighted by molar-refractivity contribution is 8.18. The first-order valence-corrected chi connectivity index (χ1v) is 10.7. The molecule has 1 saturated carbocycles. The van der Waals surface area contributed by atoms with Crippen LogP contribution in [0.1, 0.15) is 51.5 Å². The number of carbonyl (C=O) groups is 1. The lowest BCUT2D eigenvalue weighted by Crippen LogP contribution is -2.21. The van der Waals surface area contributed by atoms with E-state index in [1.165, 1.54) is 24.6 Å². The monoisotopic (exact) mass is 408 g/mol. The summed E-state index contributed by atoms with van der Waals surface area (Å²) >= 11 is 7.78. The van der Waals surface area contributed by atoms with E-state index < -0.39 is 0 Å². The lowest BCUT2D eigenvalue weighted by Gasteiger charge is -2.14. The van der Waals surface area contributed by atoms with Gasteiger partial charge in [-0.15, -0.1) is 0 Å². The zero-order chi connectivity index (χ0) is 19.2. The number of aliphatic imine (C=N–C) groups is 1. The maximum Gasteiger partial charge on any atom is 0.264 e. The summed E-state index contributed by atoms with van der Waals surface area (Å²) in [5.41, 5.74) is 0.798. The molecule has 1 N–H and O–H groups in total. The van der Waals surface area contributed by atoms with Gasteiger partial charge in [-0.1, -0.05) is 31.4 Å². The minimum absolute atomic E-state index is 0.128. The Morgan fingerprint density at radius 1 is 1.30 bits per heavy atom. The predicted octanol–water partition coefficient (Wildman–Crippen LogP) is 5.03. The first-order chi connectivity index (χ1) is 13.1. The zero-order valence-corrected chi connectivity index (χ0v) is 17.3. The Hall–Kier alpha value is -1.66. The van der Waals surface area contributed by atoms with Crippen LogP contribution in [0.15, 0.2) is 22.0 Å². The van der Waals surface area contributed by atoms with Crippen LogP contribution >= 0.6 is 23.4 Å². The van der Waals surface area contributed by atoms with Gasteiger partial charge in [0.25, 0.3) is 5.91 Å². The molecular formula is C20H25ClN2O3S. The van der Waals surface area contributed by atoms with Gasteiger partial charge in [-0.2, -0.15) is 0 Å². The normalized spacial score (nSPS) is 20.5. The standard InChI is InChI=1S/C20H25ClN2O3S/c1-3-9-26-18-15(21)10-13(11-16(18)25-4-2)12-17-19(24)23-20(27-17)22-14-7-5-6-8-14/h10-12,14H,3-9H2,1-2H3,(H,22,23,24). The summed E-state index contributed by atoms with van der Waals surface area (Å²) in [5, 5.41) is 4.03. The molecule has 1 aromatic rings. The van der Waals surface area contributed by atoms with Gasteiger partial charge >= 0.3 is 0 Å². The van der Waals surface area contributed by atoms with E-state index in [1.54, 1.807) is 6.07 Å². The second-order valence-electron chi connectivity index (χ2n) is 6.55. The van der Waals surface area contributed by atoms with Crippen molar-refractivity contribution in [2.24, 2.45) is 4.99 Å². The highest BCUT2D eigenvalue weighted by Gasteiger charge is 2.26. The minimum Gasteiger partial charge on any atom is -0.490 e. The molecule has 1 heterocycles. The number of amidine groups is 1. The number of nitrogens with one attached hydrogen (secondary N) is 1. The number of halogens is 1. The van der Waals surface area contributed by atoms with Crippen molar-refractivity contribution in [1.29, 1.82) is 0 Å². The number of rotatable bonds is 7. The van der Waals surface area contributed by atoms with Crippen molar-refractivity contribution in [2.45, 2.75) is 52.0 Å². The lowest BCUT2D eigenvalue weighted by molar-refractivity contribution is -0.115. The Balaban J connectivity index is 1.82. The van der Waals surface area contributed by atoms with Gasteiger partial charge in [0.2, 0.25) is 0 Å². The fourth-order valence-electron chi connectivity index (χ4n) is 3.12. The van der Waals surface area contributed by atoms with Crippen LogP contribution in [0.5, 0.6) is 11.5 Å². The number of benzene rings is 1. The summed E-state index contributed by atoms with van der Waals surface area (Å²) in [5.74, 6) is 1.01. The van der Waals surface area contributed by atoms with Crippen LogP contribution in [0, 0.1) is 0 Å². The minimum atomic E-state index is -0.128. The van der Waals surface area contributed by atoms with E-state index in [0.717, 1.165) is 24.8 Å². The van der Waals surface area contributed by atoms with Gasteiger partial charge in [0.15, 0.2) is 16.7 Å². The number of ether oxygens (including phenoxy) is 2. The number of thioether (sulfide) groups is 1. The van der Waals surface area contributed by atoms with Gasteiger partial charge < -0.3 is 14.8 Å². The van der Waals surface area contributed by atoms with Gasteiger partial charge in [-0.3, -0.25) is 9.79 Å². The molecular weight excluding hydrogens is 384 g/mol. The molecule has 0 atom stereocenters. The molecule has 3 rings (SSSR count). The van der Waals surface area contributed by atoms with Gasteiger partial charge in [0.1, 0.15) is 0 Å². The molecule has 0 unspecified atom stereocenters. The molecule has 0 bridgehead atoms. The molecule has 7 heteroatoms. The largest absolute Gasteiger partial charge is 0.490 e. The first kappa shape index (κ1) is 20.1. The quantitative estimate of drug-likeness (QED) is 0.643. The molecule has 1 aromatic carbocycles. The molecule has 0 radical (unpaired) electrons. The summed E-state index contributed by atoms with van der Waals surface area (Å²) in [7, 11) is 0. The van der Waals surface area contributed by atoms with Crippen molar-refractivity contribution in [3.63, 3.8) is 0 Å². The lowest BCUT2D eigenvalue weighted by atomic mass is 10.2. The second kappa shape index (κ2) is 9.51. The number of amides is 1. The van der Waals surface area contributed by atoms with E-state index in [-0.39, 0.29) is 5.91 Å². The van der Waals surface area contributed by atoms with Gasteiger partial charge in [0.05, 0.1) is 29.2 Å². The summed E-state index contributed by atoms with van der Waals surface area (Å²) < 4.78 is 11.4. The Morgan fingerprint density at radius 3 is 2.78 bits per heavy atom. The van der Waals surface area contributed by atoms with E-state index in [0.29, 0.717) is 45.9 Å². The molecule has 1 aliphatic heterocycles. The summed E-state index contributed by atoms with van der Waals surface area (Å²) in [6.45, 7) is 5.02. The average Bonchev–Trinajstić information content (AvgIpc) is 3.25.